The summed E-state index contributed by atoms with van der Waals surface area (Å²) in [5.41, 5.74) is 0. The monoisotopic (exact) mass is 143 g/mol. The standard InChI is InChI=1S/C4H3NO3.C2H6/c6-4(7)3-5-1-2-8-3;1-2/h1-2H,(H,6,7);1-2H3. The fraction of sp³-hybridized carbons (Fsp3) is 0.333. The predicted molar refractivity (Wildman–Crippen MR) is 34.8 cm³/mol. The average molecular weight is 143 g/mol. The van der Waals surface area contributed by atoms with Crippen molar-refractivity contribution >= 4 is 5.97 Å². The first kappa shape index (κ1) is 8.68. The normalized spacial score (nSPS) is 7.80. The molecule has 10 heavy (non-hydrogen) atoms. The van der Waals surface area contributed by atoms with E-state index in [1.165, 1.54) is 12.5 Å². The van der Waals surface area contributed by atoms with Crippen molar-refractivity contribution in [2.75, 3.05) is 0 Å². The van der Waals surface area contributed by atoms with Crippen LogP contribution < -0.4 is 0 Å². The summed E-state index contributed by atoms with van der Waals surface area (Å²) in [5.74, 6) is -1.42. The highest BCUT2D eigenvalue weighted by Gasteiger charge is 2.04. The summed E-state index contributed by atoms with van der Waals surface area (Å²) in [4.78, 5) is 13.3. The largest absolute Gasteiger partial charge is 0.474 e. The zero-order valence-electron chi connectivity index (χ0n) is 5.87. The van der Waals surface area contributed by atoms with Crippen molar-refractivity contribution in [2.45, 2.75) is 13.8 Å². The Kier molecular flexibility index (Phi) is 3.95. The van der Waals surface area contributed by atoms with Crippen molar-refractivity contribution in [3.05, 3.63) is 18.4 Å². The van der Waals surface area contributed by atoms with Gasteiger partial charge in [0.15, 0.2) is 0 Å². The molecule has 4 nitrogen and oxygen atoms in total. The molecule has 0 atom stereocenters. The van der Waals surface area contributed by atoms with Gasteiger partial charge in [-0.2, -0.15) is 0 Å². The van der Waals surface area contributed by atoms with Gasteiger partial charge >= 0.3 is 11.9 Å². The number of rotatable bonds is 1. The van der Waals surface area contributed by atoms with E-state index in [0.717, 1.165) is 0 Å². The van der Waals surface area contributed by atoms with E-state index in [-0.39, 0.29) is 5.89 Å². The number of oxazole rings is 1. The Morgan fingerprint density at radius 1 is 1.70 bits per heavy atom. The number of aromatic carboxylic acids is 1. The molecular weight excluding hydrogens is 134 g/mol. The molecule has 0 saturated heterocycles. The maximum absolute atomic E-state index is 9.91. The molecule has 0 bridgehead atoms. The van der Waals surface area contributed by atoms with Crippen LogP contribution in [0.5, 0.6) is 0 Å². The van der Waals surface area contributed by atoms with Crippen molar-refractivity contribution in [3.8, 4) is 0 Å². The van der Waals surface area contributed by atoms with Gasteiger partial charge in [-0.15, -0.1) is 0 Å². The van der Waals surface area contributed by atoms with Gasteiger partial charge in [0, 0.05) is 0 Å². The van der Waals surface area contributed by atoms with E-state index in [1.54, 1.807) is 0 Å². The van der Waals surface area contributed by atoms with Crippen LogP contribution in [0.4, 0.5) is 0 Å². The fourth-order valence-corrected chi connectivity index (χ4v) is 0.329. The molecule has 0 aliphatic rings. The van der Waals surface area contributed by atoms with E-state index in [1.807, 2.05) is 13.8 Å². The number of hydrogen-bond acceptors (Lipinski definition) is 3. The summed E-state index contributed by atoms with van der Waals surface area (Å²) in [6.45, 7) is 4.00. The second kappa shape index (κ2) is 4.55. The topological polar surface area (TPSA) is 63.3 Å². The third-order valence-electron chi connectivity index (χ3n) is 0.615. The molecule has 0 amide bonds. The Balaban J connectivity index is 0.000000371. The molecule has 1 rings (SSSR count). The Labute approximate surface area is 58.5 Å². The number of hydrogen-bond donors (Lipinski definition) is 1. The molecule has 0 aliphatic heterocycles. The first-order chi connectivity index (χ1) is 4.80. The van der Waals surface area contributed by atoms with Crippen LogP contribution in [0, 0.1) is 0 Å². The Hall–Kier alpha value is -1.32. The van der Waals surface area contributed by atoms with Gasteiger partial charge in [0.05, 0.1) is 6.20 Å². The van der Waals surface area contributed by atoms with Crippen LogP contribution in [0.3, 0.4) is 0 Å². The van der Waals surface area contributed by atoms with E-state index in [2.05, 4.69) is 9.40 Å². The molecule has 1 aromatic heterocycles. The van der Waals surface area contributed by atoms with Gasteiger partial charge in [-0.05, 0) is 0 Å². The Morgan fingerprint density at radius 2 is 2.30 bits per heavy atom. The van der Waals surface area contributed by atoms with Crippen LogP contribution in [-0.4, -0.2) is 16.1 Å². The minimum absolute atomic E-state index is 0.273. The molecule has 0 fully saturated rings. The predicted octanol–water partition coefficient (Wildman–Crippen LogP) is 1.40. The summed E-state index contributed by atoms with van der Waals surface area (Å²) < 4.78 is 4.38. The minimum atomic E-state index is -1.14. The zero-order valence-corrected chi connectivity index (χ0v) is 5.87. The summed E-state index contributed by atoms with van der Waals surface area (Å²) in [7, 11) is 0. The maximum Gasteiger partial charge on any atom is 0.392 e. The van der Waals surface area contributed by atoms with Crippen LogP contribution in [0.1, 0.15) is 24.5 Å². The number of nitrogens with zero attached hydrogens (tertiary/aromatic N) is 1. The van der Waals surface area contributed by atoms with Gasteiger partial charge in [0.1, 0.15) is 6.26 Å². The van der Waals surface area contributed by atoms with E-state index in [4.69, 9.17) is 5.11 Å². The molecule has 0 spiro atoms. The lowest BCUT2D eigenvalue weighted by Crippen LogP contribution is -1.94. The quantitative estimate of drug-likeness (QED) is 0.645. The van der Waals surface area contributed by atoms with Gasteiger partial charge < -0.3 is 9.52 Å². The van der Waals surface area contributed by atoms with Crippen molar-refractivity contribution < 1.29 is 14.3 Å². The molecule has 56 valence electrons. The Bertz CT molecular complexity index is 181. The SMILES string of the molecule is CC.O=C(O)c1ncco1. The second-order valence-electron chi connectivity index (χ2n) is 1.14. The Morgan fingerprint density at radius 3 is 2.50 bits per heavy atom. The summed E-state index contributed by atoms with van der Waals surface area (Å²) in [5, 5.41) is 8.12. The highest BCUT2D eigenvalue weighted by molar-refractivity contribution is 5.81. The molecule has 0 radical (unpaired) electrons. The molecule has 0 aromatic carbocycles. The van der Waals surface area contributed by atoms with Crippen LogP contribution in [0.15, 0.2) is 16.9 Å². The molecule has 0 saturated carbocycles. The van der Waals surface area contributed by atoms with Crippen molar-refractivity contribution in [3.63, 3.8) is 0 Å². The highest BCUT2D eigenvalue weighted by Crippen LogP contribution is 1.91. The zero-order chi connectivity index (χ0) is 7.98. The summed E-state index contributed by atoms with van der Waals surface area (Å²) in [6, 6.07) is 0. The highest BCUT2D eigenvalue weighted by atomic mass is 16.4. The maximum atomic E-state index is 9.91. The van der Waals surface area contributed by atoms with Gasteiger partial charge in [-0.1, -0.05) is 13.8 Å². The van der Waals surface area contributed by atoms with Crippen LogP contribution in [-0.2, 0) is 0 Å². The third-order valence-corrected chi connectivity index (χ3v) is 0.615. The van der Waals surface area contributed by atoms with Gasteiger partial charge in [0.25, 0.3) is 0 Å². The lowest BCUT2D eigenvalue weighted by molar-refractivity contribution is 0.0653. The second-order valence-corrected chi connectivity index (χ2v) is 1.14. The lowest BCUT2D eigenvalue weighted by atomic mass is 10.7. The van der Waals surface area contributed by atoms with E-state index < -0.39 is 5.97 Å². The number of aromatic nitrogens is 1. The minimum Gasteiger partial charge on any atom is -0.474 e. The van der Waals surface area contributed by atoms with Crippen molar-refractivity contribution in [2.24, 2.45) is 0 Å². The fourth-order valence-electron chi connectivity index (χ4n) is 0.329. The van der Waals surface area contributed by atoms with Gasteiger partial charge in [0.2, 0.25) is 0 Å². The smallest absolute Gasteiger partial charge is 0.392 e. The van der Waals surface area contributed by atoms with Crippen LogP contribution >= 0.6 is 0 Å². The summed E-state index contributed by atoms with van der Waals surface area (Å²) in [6.07, 6.45) is 2.49. The van der Waals surface area contributed by atoms with E-state index in [9.17, 15) is 4.79 Å². The van der Waals surface area contributed by atoms with Crippen molar-refractivity contribution in [1.82, 2.24) is 4.98 Å². The molecule has 4 heteroatoms. The van der Waals surface area contributed by atoms with Gasteiger partial charge in [-0.3, -0.25) is 0 Å². The molecule has 1 N–H and O–H groups in total. The van der Waals surface area contributed by atoms with Crippen LogP contribution in [0.2, 0.25) is 0 Å². The van der Waals surface area contributed by atoms with Crippen LogP contribution in [0.25, 0.3) is 0 Å². The van der Waals surface area contributed by atoms with Gasteiger partial charge in [-0.25, -0.2) is 9.78 Å². The third kappa shape index (κ3) is 2.30. The molecule has 0 aliphatic carbocycles. The first-order valence-corrected chi connectivity index (χ1v) is 2.93. The molecular formula is C6H9NO3. The number of carboxylic acid groups (broad SMARTS) is 1. The summed E-state index contributed by atoms with van der Waals surface area (Å²) >= 11 is 0. The van der Waals surface area contributed by atoms with E-state index in [0.29, 0.717) is 0 Å². The lowest BCUT2D eigenvalue weighted by Gasteiger charge is -1.77. The number of carbonyl (C=O) groups is 1. The molecule has 1 aromatic rings. The number of carboxylic acids is 1. The molecule has 0 unspecified atom stereocenters. The molecule has 1 heterocycles. The first-order valence-electron chi connectivity index (χ1n) is 2.93. The van der Waals surface area contributed by atoms with E-state index >= 15 is 0 Å². The van der Waals surface area contributed by atoms with Crippen molar-refractivity contribution in [1.29, 1.82) is 0 Å². The average Bonchev–Trinajstić information content (AvgIpc) is 2.42.